The monoisotopic (exact) mass is 464 g/mol. The van der Waals surface area contributed by atoms with E-state index in [1.807, 2.05) is 6.08 Å². The van der Waals surface area contributed by atoms with E-state index in [4.69, 9.17) is 24.1 Å². The standard InChI is InChI=1S/C21H36O11/c1-4-21(3,7-5-6-11(2)8-22)32-20-18(28)16(26)15(25)13(31-20)10-30-19-17(27)14(24)12(23)9-29-19/h4,6,12-20,22-28H,1,5,7-10H2,2-3H3/b11-6+/t12-,13-,14+,15-,16+,17-,18-,19+,20-,21?/m1/s1. The second-order valence-electron chi connectivity index (χ2n) is 8.48. The molecule has 7 N–H and O–H groups in total. The van der Waals surface area contributed by atoms with Gasteiger partial charge in [-0.05, 0) is 26.7 Å². The largest absolute Gasteiger partial charge is 0.392 e. The van der Waals surface area contributed by atoms with Gasteiger partial charge in [-0.25, -0.2) is 0 Å². The Morgan fingerprint density at radius 3 is 2.31 bits per heavy atom. The Hall–Kier alpha value is -0.960. The Balaban J connectivity index is 2.00. The van der Waals surface area contributed by atoms with Crippen LogP contribution in [0.1, 0.15) is 26.7 Å². The fourth-order valence-corrected chi connectivity index (χ4v) is 3.41. The lowest BCUT2D eigenvalue weighted by molar-refractivity contribution is -0.333. The van der Waals surface area contributed by atoms with Crippen LogP contribution in [0.4, 0.5) is 0 Å². The van der Waals surface area contributed by atoms with Crippen LogP contribution in [-0.2, 0) is 18.9 Å². The molecule has 2 aliphatic heterocycles. The number of aliphatic hydroxyl groups excluding tert-OH is 7. The molecule has 2 aliphatic rings. The third kappa shape index (κ3) is 6.78. The van der Waals surface area contributed by atoms with Crippen LogP contribution in [0.2, 0.25) is 0 Å². The summed E-state index contributed by atoms with van der Waals surface area (Å²) < 4.78 is 22.1. The minimum Gasteiger partial charge on any atom is -0.392 e. The third-order valence-corrected chi connectivity index (χ3v) is 5.75. The maximum absolute atomic E-state index is 10.4. The van der Waals surface area contributed by atoms with Crippen molar-refractivity contribution in [2.45, 2.75) is 87.6 Å². The van der Waals surface area contributed by atoms with Gasteiger partial charge in [-0.3, -0.25) is 0 Å². The number of hydrogen-bond acceptors (Lipinski definition) is 11. The predicted octanol–water partition coefficient (Wildman–Crippen LogP) is -2.07. The van der Waals surface area contributed by atoms with Gasteiger partial charge in [0.15, 0.2) is 12.6 Å². The highest BCUT2D eigenvalue weighted by molar-refractivity contribution is 5.02. The van der Waals surface area contributed by atoms with Gasteiger partial charge in [0.2, 0.25) is 0 Å². The van der Waals surface area contributed by atoms with Crippen LogP contribution in [0.15, 0.2) is 24.3 Å². The number of hydrogen-bond donors (Lipinski definition) is 7. The quantitative estimate of drug-likeness (QED) is 0.177. The molecule has 10 atom stereocenters. The smallest absolute Gasteiger partial charge is 0.187 e. The number of aliphatic hydroxyl groups is 7. The Labute approximate surface area is 187 Å². The van der Waals surface area contributed by atoms with Crippen LogP contribution in [0.3, 0.4) is 0 Å². The van der Waals surface area contributed by atoms with Gasteiger partial charge < -0.3 is 54.7 Å². The minimum absolute atomic E-state index is 0.0583. The molecular formula is C21H36O11. The first kappa shape index (κ1) is 27.3. The minimum atomic E-state index is -1.60. The molecule has 0 saturated carbocycles. The zero-order valence-corrected chi connectivity index (χ0v) is 18.4. The van der Waals surface area contributed by atoms with Crippen LogP contribution in [0.25, 0.3) is 0 Å². The summed E-state index contributed by atoms with van der Waals surface area (Å²) in [5.41, 5.74) is -0.153. The average molecular weight is 465 g/mol. The zero-order chi connectivity index (χ0) is 24.1. The van der Waals surface area contributed by atoms with Crippen molar-refractivity contribution in [3.05, 3.63) is 24.3 Å². The lowest BCUT2D eigenvalue weighted by atomic mass is 9.96. The number of allylic oxidation sites excluding steroid dienone is 1. The van der Waals surface area contributed by atoms with E-state index in [-0.39, 0.29) is 19.8 Å². The topological polar surface area (TPSA) is 179 Å². The first-order valence-electron chi connectivity index (χ1n) is 10.6. The Bertz CT molecular complexity index is 629. The number of ether oxygens (including phenoxy) is 4. The van der Waals surface area contributed by atoms with Crippen molar-refractivity contribution in [3.8, 4) is 0 Å². The van der Waals surface area contributed by atoms with E-state index in [9.17, 15) is 30.6 Å². The van der Waals surface area contributed by atoms with E-state index in [1.165, 1.54) is 6.08 Å². The Kier molecular flexibility index (Phi) is 10.2. The molecule has 0 aliphatic carbocycles. The molecule has 2 heterocycles. The molecule has 0 aromatic carbocycles. The first-order chi connectivity index (χ1) is 15.0. The molecule has 0 spiro atoms. The zero-order valence-electron chi connectivity index (χ0n) is 18.4. The summed E-state index contributed by atoms with van der Waals surface area (Å²) in [4.78, 5) is 0. The molecule has 0 aromatic rings. The summed E-state index contributed by atoms with van der Waals surface area (Å²) in [5.74, 6) is 0. The molecule has 2 rings (SSSR count). The van der Waals surface area contributed by atoms with Crippen molar-refractivity contribution in [1.29, 1.82) is 0 Å². The van der Waals surface area contributed by atoms with Crippen molar-refractivity contribution in [3.63, 3.8) is 0 Å². The highest BCUT2D eigenvalue weighted by atomic mass is 16.7. The lowest BCUT2D eigenvalue weighted by Gasteiger charge is -2.43. The maximum atomic E-state index is 10.4. The van der Waals surface area contributed by atoms with Crippen LogP contribution in [0, 0.1) is 0 Å². The SMILES string of the molecule is C=CC(C)(CC/C=C(\C)CO)O[C@H]1O[C@H](CO[C@@H]2OC[C@@H](O)[C@H](O)[C@H]2O)[C@@H](O)[C@H](O)[C@H]1O. The van der Waals surface area contributed by atoms with Crippen molar-refractivity contribution in [1.82, 2.24) is 0 Å². The summed E-state index contributed by atoms with van der Waals surface area (Å²) in [5, 5.41) is 69.2. The molecule has 0 bridgehead atoms. The van der Waals surface area contributed by atoms with E-state index in [1.54, 1.807) is 13.8 Å². The second-order valence-corrected chi connectivity index (χ2v) is 8.48. The van der Waals surface area contributed by atoms with Gasteiger partial charge in [0.1, 0.15) is 42.7 Å². The summed E-state index contributed by atoms with van der Waals surface area (Å²) in [7, 11) is 0. The van der Waals surface area contributed by atoms with E-state index >= 15 is 0 Å². The van der Waals surface area contributed by atoms with Gasteiger partial charge in [0, 0.05) is 0 Å². The van der Waals surface area contributed by atoms with Crippen LogP contribution in [-0.4, -0.2) is 116 Å². The molecule has 0 aromatic heterocycles. The van der Waals surface area contributed by atoms with Crippen molar-refractivity contribution in [2.75, 3.05) is 19.8 Å². The summed E-state index contributed by atoms with van der Waals surface area (Å²) >= 11 is 0. The van der Waals surface area contributed by atoms with Gasteiger partial charge >= 0.3 is 0 Å². The average Bonchev–Trinajstić information content (AvgIpc) is 2.78. The van der Waals surface area contributed by atoms with Crippen molar-refractivity contribution in [2.24, 2.45) is 0 Å². The number of rotatable bonds is 10. The fourth-order valence-electron chi connectivity index (χ4n) is 3.41. The van der Waals surface area contributed by atoms with Gasteiger partial charge in [-0.2, -0.15) is 0 Å². The molecule has 2 saturated heterocycles. The summed E-state index contributed by atoms with van der Waals surface area (Å²) in [6, 6.07) is 0. The predicted molar refractivity (Wildman–Crippen MR) is 110 cm³/mol. The van der Waals surface area contributed by atoms with E-state index < -0.39 is 60.9 Å². The van der Waals surface area contributed by atoms with E-state index in [0.29, 0.717) is 12.8 Å². The molecule has 2 fully saturated rings. The highest BCUT2D eigenvalue weighted by Crippen LogP contribution is 2.30. The van der Waals surface area contributed by atoms with Crippen molar-refractivity contribution >= 4 is 0 Å². The van der Waals surface area contributed by atoms with E-state index in [2.05, 4.69) is 6.58 Å². The highest BCUT2D eigenvalue weighted by Gasteiger charge is 2.47. The van der Waals surface area contributed by atoms with Crippen LogP contribution >= 0.6 is 0 Å². The van der Waals surface area contributed by atoms with Crippen molar-refractivity contribution < 1.29 is 54.7 Å². The molecule has 11 nitrogen and oxygen atoms in total. The summed E-state index contributed by atoms with van der Waals surface area (Å²) in [6.07, 6.45) is -8.30. The molecular weight excluding hydrogens is 428 g/mol. The molecule has 0 radical (unpaired) electrons. The maximum Gasteiger partial charge on any atom is 0.187 e. The summed E-state index contributed by atoms with van der Waals surface area (Å²) in [6.45, 7) is 6.59. The molecule has 0 amide bonds. The normalized spacial score (nSPS) is 40.7. The molecule has 32 heavy (non-hydrogen) atoms. The fraction of sp³-hybridized carbons (Fsp3) is 0.810. The van der Waals surface area contributed by atoms with Gasteiger partial charge in [0.25, 0.3) is 0 Å². The lowest BCUT2D eigenvalue weighted by Crippen LogP contribution is -2.61. The van der Waals surface area contributed by atoms with Gasteiger partial charge in [0.05, 0.1) is 25.4 Å². The second kappa shape index (κ2) is 12.0. The van der Waals surface area contributed by atoms with Crippen LogP contribution in [0.5, 0.6) is 0 Å². The molecule has 11 heteroatoms. The van der Waals surface area contributed by atoms with Crippen LogP contribution < -0.4 is 0 Å². The van der Waals surface area contributed by atoms with Gasteiger partial charge in [-0.15, -0.1) is 6.58 Å². The Morgan fingerprint density at radius 2 is 1.69 bits per heavy atom. The van der Waals surface area contributed by atoms with Gasteiger partial charge in [-0.1, -0.05) is 17.7 Å². The Morgan fingerprint density at radius 1 is 1.03 bits per heavy atom. The molecule has 1 unspecified atom stereocenters. The first-order valence-corrected chi connectivity index (χ1v) is 10.6. The molecule has 186 valence electrons. The van der Waals surface area contributed by atoms with E-state index in [0.717, 1.165) is 5.57 Å². The third-order valence-electron chi connectivity index (χ3n) is 5.75.